The zero-order chi connectivity index (χ0) is 18.5. The van der Waals surface area contributed by atoms with Crippen molar-refractivity contribution in [2.24, 2.45) is 0 Å². The number of esters is 1. The van der Waals surface area contributed by atoms with Gasteiger partial charge in [0.05, 0.1) is 12.9 Å². The number of benzene rings is 2. The first-order chi connectivity index (χ1) is 12.6. The van der Waals surface area contributed by atoms with Crippen LogP contribution in [0.5, 0.6) is 0 Å². The molecule has 0 saturated heterocycles. The third-order valence-corrected chi connectivity index (χ3v) is 5.61. The lowest BCUT2D eigenvalue weighted by Crippen LogP contribution is -2.49. The van der Waals surface area contributed by atoms with E-state index < -0.39 is 6.04 Å². The van der Waals surface area contributed by atoms with Crippen LogP contribution in [0.25, 0.3) is 0 Å². The molecule has 5 heteroatoms. The Kier molecular flexibility index (Phi) is 5.99. The Morgan fingerprint density at radius 1 is 1.15 bits per heavy atom. The smallest absolute Gasteiger partial charge is 0.328 e. The Hall–Kier alpha value is -2.27. The van der Waals surface area contributed by atoms with E-state index in [4.69, 9.17) is 4.74 Å². The number of fused-ring (bicyclic) bond motifs is 1. The number of aryl methyl sites for hydroxylation is 1. The molecular weight excluding hydrogens is 346 g/mol. The van der Waals surface area contributed by atoms with Gasteiger partial charge in [0.15, 0.2) is 0 Å². The molecule has 2 aromatic rings. The summed E-state index contributed by atoms with van der Waals surface area (Å²) in [6.45, 7) is 2.52. The molecule has 2 aromatic carbocycles. The van der Waals surface area contributed by atoms with Crippen LogP contribution in [0, 0.1) is 6.92 Å². The second kappa shape index (κ2) is 8.41. The fourth-order valence-corrected chi connectivity index (χ4v) is 4.13. The molecule has 3 rings (SSSR count). The quantitative estimate of drug-likeness (QED) is 0.759. The molecule has 0 aromatic heterocycles. The number of carbonyl (C=O) groups is 2. The van der Waals surface area contributed by atoms with E-state index in [2.05, 4.69) is 25.1 Å². The molecule has 0 aliphatic carbocycles. The second-order valence-corrected chi connectivity index (χ2v) is 7.50. The third-order valence-electron chi connectivity index (χ3n) is 4.62. The molecule has 1 unspecified atom stereocenters. The van der Waals surface area contributed by atoms with Crippen molar-refractivity contribution in [2.45, 2.75) is 31.7 Å². The molecule has 4 nitrogen and oxygen atoms in total. The molecule has 0 saturated carbocycles. The summed E-state index contributed by atoms with van der Waals surface area (Å²) in [6, 6.07) is 15.7. The maximum Gasteiger partial charge on any atom is 0.328 e. The number of rotatable bonds is 5. The monoisotopic (exact) mass is 369 g/mol. The van der Waals surface area contributed by atoms with E-state index in [0.717, 1.165) is 16.9 Å². The molecule has 1 aliphatic heterocycles. The highest BCUT2D eigenvalue weighted by Gasteiger charge is 2.34. The Morgan fingerprint density at radius 2 is 1.92 bits per heavy atom. The van der Waals surface area contributed by atoms with Crippen molar-refractivity contribution in [3.05, 3.63) is 70.8 Å². The number of carbonyl (C=O) groups excluding carboxylic acids is 2. The van der Waals surface area contributed by atoms with Crippen molar-refractivity contribution < 1.29 is 14.3 Å². The summed E-state index contributed by atoms with van der Waals surface area (Å²) in [5.74, 6) is 0.758. The summed E-state index contributed by atoms with van der Waals surface area (Å²) in [5.41, 5.74) is 4.63. The second-order valence-electron chi connectivity index (χ2n) is 6.52. The van der Waals surface area contributed by atoms with Gasteiger partial charge in [0.1, 0.15) is 6.04 Å². The van der Waals surface area contributed by atoms with Crippen LogP contribution in [0.3, 0.4) is 0 Å². The molecule has 0 N–H and O–H groups in total. The van der Waals surface area contributed by atoms with Crippen molar-refractivity contribution in [1.82, 2.24) is 4.90 Å². The number of hydrogen-bond acceptors (Lipinski definition) is 4. The Labute approximate surface area is 158 Å². The zero-order valence-corrected chi connectivity index (χ0v) is 15.9. The van der Waals surface area contributed by atoms with Crippen molar-refractivity contribution in [3.8, 4) is 0 Å². The zero-order valence-electron chi connectivity index (χ0n) is 15.1. The first-order valence-corrected chi connectivity index (χ1v) is 9.81. The minimum absolute atomic E-state index is 0.0208. The molecule has 0 radical (unpaired) electrons. The maximum absolute atomic E-state index is 12.8. The molecule has 0 bridgehead atoms. The van der Waals surface area contributed by atoms with Crippen LogP contribution in [0.2, 0.25) is 0 Å². The molecule has 0 spiro atoms. The topological polar surface area (TPSA) is 46.6 Å². The van der Waals surface area contributed by atoms with Gasteiger partial charge in [0.2, 0.25) is 5.91 Å². The van der Waals surface area contributed by atoms with Crippen LogP contribution in [0.4, 0.5) is 0 Å². The fourth-order valence-electron chi connectivity index (χ4n) is 3.27. The van der Waals surface area contributed by atoms with Crippen molar-refractivity contribution in [3.63, 3.8) is 0 Å². The first-order valence-electron chi connectivity index (χ1n) is 8.66. The maximum atomic E-state index is 12.8. The molecule has 0 fully saturated rings. The average molecular weight is 369 g/mol. The number of hydrogen-bond donors (Lipinski definition) is 0. The molecule has 136 valence electrons. The van der Waals surface area contributed by atoms with Gasteiger partial charge in [-0.05, 0) is 23.6 Å². The number of methoxy groups -OCH3 is 1. The summed E-state index contributed by atoms with van der Waals surface area (Å²) in [7, 11) is 1.37. The van der Waals surface area contributed by atoms with Gasteiger partial charge in [-0.25, -0.2) is 4.79 Å². The number of thioether (sulfide) groups is 1. The van der Waals surface area contributed by atoms with E-state index in [-0.39, 0.29) is 11.9 Å². The highest BCUT2D eigenvalue weighted by Crippen LogP contribution is 2.25. The number of amides is 1. The standard InChI is InChI=1S/C21H23NO3S/c1-15-6-5-7-16(10-15)13-26-14-20(23)22-12-18-9-4-3-8-17(18)11-19(22)21(24)25-2/h3-10,19H,11-14H2,1-2H3. The number of nitrogens with zero attached hydrogens (tertiary/aromatic N) is 1. The highest BCUT2D eigenvalue weighted by molar-refractivity contribution is 7.99. The molecule has 1 amide bonds. The summed E-state index contributed by atoms with van der Waals surface area (Å²) in [5, 5.41) is 0. The van der Waals surface area contributed by atoms with Crippen LogP contribution in [0.1, 0.15) is 22.3 Å². The van der Waals surface area contributed by atoms with E-state index >= 15 is 0 Å². The fraction of sp³-hybridized carbons (Fsp3) is 0.333. The van der Waals surface area contributed by atoms with Gasteiger partial charge in [-0.3, -0.25) is 4.79 Å². The minimum Gasteiger partial charge on any atom is -0.467 e. The number of ether oxygens (including phenoxy) is 1. The van der Waals surface area contributed by atoms with Gasteiger partial charge < -0.3 is 9.64 Å². The van der Waals surface area contributed by atoms with Crippen LogP contribution < -0.4 is 0 Å². The van der Waals surface area contributed by atoms with Crippen molar-refractivity contribution in [1.29, 1.82) is 0 Å². The lowest BCUT2D eigenvalue weighted by Gasteiger charge is -2.35. The lowest BCUT2D eigenvalue weighted by molar-refractivity contribution is -0.153. The highest BCUT2D eigenvalue weighted by atomic mass is 32.2. The SMILES string of the molecule is COC(=O)C1Cc2ccccc2CN1C(=O)CSCc1cccc(C)c1. The normalized spacial score (nSPS) is 16.1. The van der Waals surface area contributed by atoms with E-state index in [1.807, 2.05) is 30.3 Å². The molecule has 1 aliphatic rings. The largest absolute Gasteiger partial charge is 0.467 e. The van der Waals surface area contributed by atoms with E-state index in [1.165, 1.54) is 18.2 Å². The van der Waals surface area contributed by atoms with Crippen LogP contribution in [0.15, 0.2) is 48.5 Å². The van der Waals surface area contributed by atoms with Crippen LogP contribution >= 0.6 is 11.8 Å². The van der Waals surface area contributed by atoms with Gasteiger partial charge >= 0.3 is 5.97 Å². The minimum atomic E-state index is -0.540. The third kappa shape index (κ3) is 4.28. The van der Waals surface area contributed by atoms with Crippen molar-refractivity contribution in [2.75, 3.05) is 12.9 Å². The van der Waals surface area contributed by atoms with Gasteiger partial charge in [0.25, 0.3) is 0 Å². The van der Waals surface area contributed by atoms with E-state index in [0.29, 0.717) is 18.7 Å². The van der Waals surface area contributed by atoms with Gasteiger partial charge in [0, 0.05) is 18.7 Å². The predicted octanol–water partition coefficient (Wildman–Crippen LogP) is 3.35. The summed E-state index contributed by atoms with van der Waals surface area (Å²) < 4.78 is 4.93. The van der Waals surface area contributed by atoms with Gasteiger partial charge in [-0.2, -0.15) is 0 Å². The van der Waals surface area contributed by atoms with Gasteiger partial charge in [-0.15, -0.1) is 11.8 Å². The summed E-state index contributed by atoms with van der Waals surface area (Å²) >= 11 is 1.58. The Balaban J connectivity index is 1.66. The lowest BCUT2D eigenvalue weighted by atomic mass is 9.94. The first kappa shape index (κ1) is 18.5. The van der Waals surface area contributed by atoms with E-state index in [1.54, 1.807) is 16.7 Å². The Bertz CT molecular complexity index is 805. The average Bonchev–Trinajstić information content (AvgIpc) is 2.66. The van der Waals surface area contributed by atoms with E-state index in [9.17, 15) is 9.59 Å². The molecule has 26 heavy (non-hydrogen) atoms. The molecular formula is C21H23NO3S. The summed E-state index contributed by atoms with van der Waals surface area (Å²) in [6.07, 6.45) is 0.511. The molecule has 1 atom stereocenters. The predicted molar refractivity (Wildman–Crippen MR) is 104 cm³/mol. The summed E-state index contributed by atoms with van der Waals surface area (Å²) in [4.78, 5) is 26.7. The van der Waals surface area contributed by atoms with Crippen molar-refractivity contribution >= 4 is 23.6 Å². The Morgan fingerprint density at radius 3 is 2.65 bits per heavy atom. The molecule has 1 heterocycles. The van der Waals surface area contributed by atoms with Crippen LogP contribution in [-0.2, 0) is 33.0 Å². The van der Waals surface area contributed by atoms with Crippen LogP contribution in [-0.4, -0.2) is 35.7 Å². The van der Waals surface area contributed by atoms with Gasteiger partial charge in [-0.1, -0.05) is 54.1 Å².